The topological polar surface area (TPSA) is 73.6 Å². The molecule has 0 spiro atoms. The normalized spacial score (nSPS) is 12.5. The third-order valence-electron chi connectivity index (χ3n) is 1.82. The lowest BCUT2D eigenvalue weighted by atomic mass is 10.1. The number of ether oxygens (including phenoxy) is 2. The molecule has 0 radical (unpaired) electrons. The van der Waals surface area contributed by atoms with Gasteiger partial charge in [0.15, 0.2) is 0 Å². The number of hydrogen-bond acceptors (Lipinski definition) is 4. The van der Waals surface area contributed by atoms with Gasteiger partial charge < -0.3 is 20.5 Å². The number of hydrogen-bond donors (Lipinski definition) is 2. The first-order valence-corrected chi connectivity index (χ1v) is 5.24. The third kappa shape index (κ3) is 9.65. The molecule has 0 heterocycles. The number of nitrogens with two attached hydrogens (primary N) is 1. The Kier molecular flexibility index (Phi) is 9.46. The standard InChI is InChI=1S/C10H22N2O3/c1-9(8-14-2)7-10(13)12-4-6-15-5-3-11/h9H,3-8,11H2,1-2H3,(H,12,13). The van der Waals surface area contributed by atoms with Crippen LogP contribution in [0.2, 0.25) is 0 Å². The molecule has 0 aromatic rings. The fourth-order valence-electron chi connectivity index (χ4n) is 1.18. The van der Waals surface area contributed by atoms with Gasteiger partial charge in [0.2, 0.25) is 5.91 Å². The Morgan fingerprint density at radius 2 is 2.20 bits per heavy atom. The lowest BCUT2D eigenvalue weighted by Crippen LogP contribution is -2.29. The van der Waals surface area contributed by atoms with Crippen molar-refractivity contribution in [3.63, 3.8) is 0 Å². The summed E-state index contributed by atoms with van der Waals surface area (Å²) in [6.45, 7) is 4.69. The molecule has 15 heavy (non-hydrogen) atoms. The van der Waals surface area contributed by atoms with Crippen LogP contribution < -0.4 is 11.1 Å². The van der Waals surface area contributed by atoms with E-state index in [1.165, 1.54) is 0 Å². The molecule has 0 aromatic heterocycles. The lowest BCUT2D eigenvalue weighted by Gasteiger charge is -2.10. The van der Waals surface area contributed by atoms with Crippen LogP contribution in [0.3, 0.4) is 0 Å². The quantitative estimate of drug-likeness (QED) is 0.523. The van der Waals surface area contributed by atoms with Crippen molar-refractivity contribution in [1.29, 1.82) is 0 Å². The van der Waals surface area contributed by atoms with Crippen molar-refractivity contribution < 1.29 is 14.3 Å². The van der Waals surface area contributed by atoms with Crippen molar-refractivity contribution in [1.82, 2.24) is 5.32 Å². The Labute approximate surface area is 91.3 Å². The Morgan fingerprint density at radius 1 is 1.47 bits per heavy atom. The van der Waals surface area contributed by atoms with Crippen LogP contribution in [0.5, 0.6) is 0 Å². The van der Waals surface area contributed by atoms with Gasteiger partial charge >= 0.3 is 0 Å². The summed E-state index contributed by atoms with van der Waals surface area (Å²) < 4.78 is 10.1. The molecule has 0 saturated carbocycles. The van der Waals surface area contributed by atoms with E-state index in [1.54, 1.807) is 7.11 Å². The van der Waals surface area contributed by atoms with Gasteiger partial charge in [-0.05, 0) is 5.92 Å². The van der Waals surface area contributed by atoms with Gasteiger partial charge in [-0.15, -0.1) is 0 Å². The molecule has 5 heteroatoms. The van der Waals surface area contributed by atoms with E-state index in [-0.39, 0.29) is 11.8 Å². The molecular formula is C10H22N2O3. The molecule has 0 aromatic carbocycles. The van der Waals surface area contributed by atoms with E-state index in [0.717, 1.165) is 0 Å². The molecule has 0 bridgehead atoms. The van der Waals surface area contributed by atoms with Gasteiger partial charge in [-0.3, -0.25) is 4.79 Å². The Hall–Kier alpha value is -0.650. The van der Waals surface area contributed by atoms with Crippen LogP contribution >= 0.6 is 0 Å². The highest BCUT2D eigenvalue weighted by atomic mass is 16.5. The number of carbonyl (C=O) groups is 1. The minimum absolute atomic E-state index is 0.0379. The fraction of sp³-hybridized carbons (Fsp3) is 0.900. The van der Waals surface area contributed by atoms with Crippen LogP contribution in [0.1, 0.15) is 13.3 Å². The number of methoxy groups -OCH3 is 1. The van der Waals surface area contributed by atoms with Crippen LogP contribution in [0.15, 0.2) is 0 Å². The molecule has 0 fully saturated rings. The van der Waals surface area contributed by atoms with Crippen LogP contribution in [0, 0.1) is 5.92 Å². The maximum atomic E-state index is 11.3. The predicted molar refractivity (Wildman–Crippen MR) is 58.5 cm³/mol. The average molecular weight is 218 g/mol. The molecule has 5 nitrogen and oxygen atoms in total. The van der Waals surface area contributed by atoms with Gasteiger partial charge in [-0.2, -0.15) is 0 Å². The molecule has 0 saturated heterocycles. The van der Waals surface area contributed by atoms with Crippen molar-refractivity contribution in [2.45, 2.75) is 13.3 Å². The van der Waals surface area contributed by atoms with E-state index in [1.807, 2.05) is 6.92 Å². The second kappa shape index (κ2) is 9.89. The monoisotopic (exact) mass is 218 g/mol. The van der Waals surface area contributed by atoms with Gasteiger partial charge in [0.05, 0.1) is 13.2 Å². The summed E-state index contributed by atoms with van der Waals surface area (Å²) in [6, 6.07) is 0. The van der Waals surface area contributed by atoms with E-state index in [2.05, 4.69) is 5.32 Å². The molecule has 3 N–H and O–H groups in total. The highest BCUT2D eigenvalue weighted by molar-refractivity contribution is 5.76. The van der Waals surface area contributed by atoms with Gasteiger partial charge in [0.25, 0.3) is 0 Å². The molecule has 1 amide bonds. The van der Waals surface area contributed by atoms with E-state index in [4.69, 9.17) is 15.2 Å². The van der Waals surface area contributed by atoms with Gasteiger partial charge in [0.1, 0.15) is 0 Å². The molecule has 90 valence electrons. The molecule has 0 rings (SSSR count). The van der Waals surface area contributed by atoms with Crippen molar-refractivity contribution in [2.24, 2.45) is 11.7 Å². The highest BCUT2D eigenvalue weighted by Gasteiger charge is 2.07. The summed E-state index contributed by atoms with van der Waals surface area (Å²) in [7, 11) is 1.63. The summed E-state index contributed by atoms with van der Waals surface area (Å²) in [5.74, 6) is 0.288. The first kappa shape index (κ1) is 14.3. The SMILES string of the molecule is COCC(C)CC(=O)NCCOCCN. The summed E-state index contributed by atoms with van der Waals surface area (Å²) in [5, 5.41) is 2.77. The summed E-state index contributed by atoms with van der Waals surface area (Å²) >= 11 is 0. The molecule has 1 unspecified atom stereocenters. The van der Waals surface area contributed by atoms with Crippen molar-refractivity contribution in [2.75, 3.05) is 40.0 Å². The van der Waals surface area contributed by atoms with E-state index in [0.29, 0.717) is 39.3 Å². The van der Waals surface area contributed by atoms with E-state index in [9.17, 15) is 4.79 Å². The van der Waals surface area contributed by atoms with Gasteiger partial charge in [0, 0.05) is 33.2 Å². The molecule has 0 aliphatic rings. The summed E-state index contributed by atoms with van der Waals surface area (Å²) in [6.07, 6.45) is 0.491. The van der Waals surface area contributed by atoms with E-state index >= 15 is 0 Å². The second-order valence-corrected chi connectivity index (χ2v) is 3.52. The lowest BCUT2D eigenvalue weighted by molar-refractivity contribution is -0.122. The first-order chi connectivity index (χ1) is 7.20. The smallest absolute Gasteiger partial charge is 0.220 e. The van der Waals surface area contributed by atoms with Crippen molar-refractivity contribution >= 4 is 5.91 Å². The van der Waals surface area contributed by atoms with Crippen LogP contribution in [0.25, 0.3) is 0 Å². The highest BCUT2D eigenvalue weighted by Crippen LogP contribution is 2.00. The fourth-order valence-corrected chi connectivity index (χ4v) is 1.18. The van der Waals surface area contributed by atoms with E-state index < -0.39 is 0 Å². The Bertz CT molecular complexity index is 165. The summed E-state index contributed by atoms with van der Waals surface area (Å²) in [5.41, 5.74) is 5.24. The number of carbonyl (C=O) groups excluding carboxylic acids is 1. The first-order valence-electron chi connectivity index (χ1n) is 5.24. The largest absolute Gasteiger partial charge is 0.384 e. The number of nitrogens with one attached hydrogen (secondary N) is 1. The maximum absolute atomic E-state index is 11.3. The molecule has 0 aliphatic heterocycles. The van der Waals surface area contributed by atoms with Crippen LogP contribution in [0.4, 0.5) is 0 Å². The van der Waals surface area contributed by atoms with Gasteiger partial charge in [-0.25, -0.2) is 0 Å². The molecular weight excluding hydrogens is 196 g/mol. The van der Waals surface area contributed by atoms with Crippen LogP contribution in [-0.4, -0.2) is 45.9 Å². The van der Waals surface area contributed by atoms with Crippen LogP contribution in [-0.2, 0) is 14.3 Å². The minimum atomic E-state index is 0.0379. The zero-order chi connectivity index (χ0) is 11.5. The predicted octanol–water partition coefficient (Wildman–Crippen LogP) is -0.249. The Morgan fingerprint density at radius 3 is 2.80 bits per heavy atom. The zero-order valence-electron chi connectivity index (χ0n) is 9.62. The maximum Gasteiger partial charge on any atom is 0.220 e. The van der Waals surface area contributed by atoms with Crippen molar-refractivity contribution in [3.05, 3.63) is 0 Å². The second-order valence-electron chi connectivity index (χ2n) is 3.52. The zero-order valence-corrected chi connectivity index (χ0v) is 9.62. The molecule has 0 aliphatic carbocycles. The summed E-state index contributed by atoms with van der Waals surface area (Å²) in [4.78, 5) is 11.3. The van der Waals surface area contributed by atoms with Gasteiger partial charge in [-0.1, -0.05) is 6.92 Å². The number of amides is 1. The number of rotatable bonds is 9. The minimum Gasteiger partial charge on any atom is -0.384 e. The average Bonchev–Trinajstić information content (AvgIpc) is 2.17. The van der Waals surface area contributed by atoms with Crippen molar-refractivity contribution in [3.8, 4) is 0 Å². The molecule has 1 atom stereocenters. The Balaban J connectivity index is 3.32. The third-order valence-corrected chi connectivity index (χ3v) is 1.82.